The number of hydrogen-bond donors (Lipinski definition) is 0. The number of alkyl halides is 1. The summed E-state index contributed by atoms with van der Waals surface area (Å²) in [7, 11) is -3.82. The maximum Gasteiger partial charge on any atom is 0.210 e. The molecule has 26 heavy (non-hydrogen) atoms. The summed E-state index contributed by atoms with van der Waals surface area (Å²) in [6.07, 6.45) is 15.9. The van der Waals surface area contributed by atoms with E-state index in [1.54, 1.807) is 18.2 Å². The van der Waals surface area contributed by atoms with Gasteiger partial charge in [-0.25, -0.2) is 12.8 Å². The first-order valence-corrected chi connectivity index (χ1v) is 12.1. The summed E-state index contributed by atoms with van der Waals surface area (Å²) in [5, 5.41) is 0. The Kier molecular flexibility index (Phi) is 12.6. The molecule has 0 aliphatic carbocycles. The topological polar surface area (TPSA) is 34.1 Å². The summed E-state index contributed by atoms with van der Waals surface area (Å²) in [6.45, 7) is 2.25. The monoisotopic (exact) mass is 384 g/mol. The van der Waals surface area contributed by atoms with Crippen LogP contribution in [0.3, 0.4) is 0 Å². The van der Waals surface area contributed by atoms with Crippen molar-refractivity contribution in [3.05, 3.63) is 30.3 Å². The van der Waals surface area contributed by atoms with Crippen molar-refractivity contribution in [2.75, 3.05) is 0 Å². The number of halogens is 1. The van der Waals surface area contributed by atoms with Crippen LogP contribution >= 0.6 is 0 Å². The zero-order valence-electron chi connectivity index (χ0n) is 16.5. The van der Waals surface area contributed by atoms with Crippen LogP contribution < -0.4 is 0 Å². The van der Waals surface area contributed by atoms with Crippen LogP contribution in [-0.2, 0) is 9.84 Å². The smallest absolute Gasteiger partial charge is 0.210 e. The highest BCUT2D eigenvalue weighted by Gasteiger charge is 2.26. The van der Waals surface area contributed by atoms with Gasteiger partial charge < -0.3 is 0 Å². The zero-order valence-corrected chi connectivity index (χ0v) is 17.3. The van der Waals surface area contributed by atoms with E-state index in [1.165, 1.54) is 76.3 Å². The Morgan fingerprint density at radius 1 is 0.731 bits per heavy atom. The second kappa shape index (κ2) is 14.2. The fraction of sp³-hybridized carbons (Fsp3) is 0.727. The van der Waals surface area contributed by atoms with Gasteiger partial charge in [-0.1, -0.05) is 102 Å². The fourth-order valence-corrected chi connectivity index (χ4v) is 4.54. The van der Waals surface area contributed by atoms with Crippen LogP contribution in [0.2, 0.25) is 0 Å². The van der Waals surface area contributed by atoms with Gasteiger partial charge in [0, 0.05) is 0 Å². The van der Waals surface area contributed by atoms with E-state index in [-0.39, 0.29) is 11.3 Å². The molecule has 0 bridgehead atoms. The summed E-state index contributed by atoms with van der Waals surface area (Å²) in [4.78, 5) is 0.0854. The molecule has 1 unspecified atom stereocenters. The van der Waals surface area contributed by atoms with E-state index in [4.69, 9.17) is 0 Å². The standard InChI is InChI=1S/C22H37FO2S/c1-2-3-4-5-6-7-8-9-10-11-12-13-17-20-22(23)26(24,25)21-18-15-14-16-19-21/h14-16,18-19,22H,2-13,17,20H2,1H3. The Morgan fingerprint density at radius 3 is 1.62 bits per heavy atom. The van der Waals surface area contributed by atoms with E-state index < -0.39 is 15.3 Å². The van der Waals surface area contributed by atoms with Gasteiger partial charge in [0.05, 0.1) is 4.90 Å². The molecular weight excluding hydrogens is 347 g/mol. The number of unbranched alkanes of at least 4 members (excludes halogenated alkanes) is 12. The highest BCUT2D eigenvalue weighted by molar-refractivity contribution is 7.91. The minimum absolute atomic E-state index is 0.0854. The molecule has 0 N–H and O–H groups in total. The fourth-order valence-electron chi connectivity index (χ4n) is 3.24. The molecule has 150 valence electrons. The summed E-state index contributed by atoms with van der Waals surface area (Å²) >= 11 is 0. The second-order valence-electron chi connectivity index (χ2n) is 7.30. The van der Waals surface area contributed by atoms with Gasteiger partial charge in [0.1, 0.15) is 0 Å². The molecule has 4 heteroatoms. The van der Waals surface area contributed by atoms with Crippen molar-refractivity contribution < 1.29 is 12.8 Å². The van der Waals surface area contributed by atoms with E-state index >= 15 is 0 Å². The Balaban J connectivity index is 1.99. The summed E-state index contributed by atoms with van der Waals surface area (Å²) in [6, 6.07) is 7.92. The first-order valence-electron chi connectivity index (χ1n) is 10.5. The average Bonchev–Trinajstić information content (AvgIpc) is 2.66. The lowest BCUT2D eigenvalue weighted by atomic mass is 10.0. The summed E-state index contributed by atoms with van der Waals surface area (Å²) in [5.74, 6) is 0. The molecule has 1 aromatic carbocycles. The molecular formula is C22H37FO2S. The van der Waals surface area contributed by atoms with Crippen molar-refractivity contribution in [3.63, 3.8) is 0 Å². The first-order chi connectivity index (χ1) is 12.6. The van der Waals surface area contributed by atoms with Crippen LogP contribution in [-0.4, -0.2) is 13.9 Å². The normalized spacial score (nSPS) is 13.0. The lowest BCUT2D eigenvalue weighted by molar-refractivity contribution is 0.384. The van der Waals surface area contributed by atoms with Gasteiger partial charge in [-0.2, -0.15) is 0 Å². The second-order valence-corrected chi connectivity index (χ2v) is 9.37. The predicted octanol–water partition coefficient (Wildman–Crippen LogP) is 7.24. The summed E-state index contributed by atoms with van der Waals surface area (Å²) < 4.78 is 38.3. The molecule has 0 aliphatic rings. The average molecular weight is 385 g/mol. The molecule has 0 aromatic heterocycles. The first kappa shape index (κ1) is 23.1. The predicted molar refractivity (Wildman–Crippen MR) is 109 cm³/mol. The van der Waals surface area contributed by atoms with E-state index in [0.29, 0.717) is 6.42 Å². The minimum Gasteiger partial charge on any atom is -0.230 e. The number of hydrogen-bond acceptors (Lipinski definition) is 2. The number of sulfone groups is 1. The molecule has 0 saturated heterocycles. The molecule has 0 fully saturated rings. The van der Waals surface area contributed by atoms with Crippen molar-refractivity contribution in [3.8, 4) is 0 Å². The largest absolute Gasteiger partial charge is 0.230 e. The van der Waals surface area contributed by atoms with Gasteiger partial charge in [-0.15, -0.1) is 0 Å². The molecule has 0 spiro atoms. The van der Waals surface area contributed by atoms with Crippen LogP contribution in [0.25, 0.3) is 0 Å². The highest BCUT2D eigenvalue weighted by Crippen LogP contribution is 2.21. The number of benzene rings is 1. The molecule has 0 radical (unpaired) electrons. The van der Waals surface area contributed by atoms with E-state index in [9.17, 15) is 12.8 Å². The maximum atomic E-state index is 14.1. The zero-order chi connectivity index (χ0) is 19.1. The molecule has 1 rings (SSSR count). The van der Waals surface area contributed by atoms with Crippen molar-refractivity contribution in [2.45, 2.75) is 107 Å². The van der Waals surface area contributed by atoms with Gasteiger partial charge >= 0.3 is 0 Å². The van der Waals surface area contributed by atoms with Crippen LogP contribution in [0.4, 0.5) is 4.39 Å². The molecule has 0 aliphatic heterocycles. The van der Waals surface area contributed by atoms with Crippen LogP contribution in [0.15, 0.2) is 35.2 Å². The minimum atomic E-state index is -3.82. The third-order valence-electron chi connectivity index (χ3n) is 4.94. The Hall–Kier alpha value is -0.900. The van der Waals surface area contributed by atoms with Crippen LogP contribution in [0, 0.1) is 0 Å². The lowest BCUT2D eigenvalue weighted by Crippen LogP contribution is -2.16. The van der Waals surface area contributed by atoms with Gasteiger partial charge in [0.2, 0.25) is 15.3 Å². The van der Waals surface area contributed by atoms with Gasteiger partial charge in [0.25, 0.3) is 0 Å². The van der Waals surface area contributed by atoms with Gasteiger partial charge in [-0.05, 0) is 25.0 Å². The van der Waals surface area contributed by atoms with E-state index in [0.717, 1.165) is 12.8 Å². The quantitative estimate of drug-likeness (QED) is 0.282. The Bertz CT molecular complexity index is 543. The Morgan fingerprint density at radius 2 is 1.15 bits per heavy atom. The van der Waals surface area contributed by atoms with Crippen molar-refractivity contribution in [2.24, 2.45) is 0 Å². The van der Waals surface area contributed by atoms with Gasteiger partial charge in [0.15, 0.2) is 0 Å². The highest BCUT2D eigenvalue weighted by atomic mass is 32.2. The molecule has 0 heterocycles. The molecule has 1 aromatic rings. The van der Waals surface area contributed by atoms with Crippen molar-refractivity contribution in [1.82, 2.24) is 0 Å². The van der Waals surface area contributed by atoms with Crippen molar-refractivity contribution >= 4 is 9.84 Å². The molecule has 0 saturated carbocycles. The molecule has 0 amide bonds. The van der Waals surface area contributed by atoms with Crippen LogP contribution in [0.5, 0.6) is 0 Å². The van der Waals surface area contributed by atoms with E-state index in [1.807, 2.05) is 0 Å². The van der Waals surface area contributed by atoms with Crippen molar-refractivity contribution in [1.29, 1.82) is 0 Å². The van der Waals surface area contributed by atoms with E-state index in [2.05, 4.69) is 6.92 Å². The SMILES string of the molecule is CCCCCCCCCCCCCCCC(F)S(=O)(=O)c1ccccc1. The molecule has 2 nitrogen and oxygen atoms in total. The third-order valence-corrected chi connectivity index (χ3v) is 6.78. The molecule has 1 atom stereocenters. The Labute approximate surface area is 160 Å². The lowest BCUT2D eigenvalue weighted by Gasteiger charge is -2.10. The van der Waals surface area contributed by atoms with Gasteiger partial charge in [-0.3, -0.25) is 0 Å². The summed E-state index contributed by atoms with van der Waals surface area (Å²) in [5.41, 5.74) is -1.78. The van der Waals surface area contributed by atoms with Crippen LogP contribution in [0.1, 0.15) is 96.8 Å². The number of rotatable bonds is 16. The maximum absolute atomic E-state index is 14.1. The third kappa shape index (κ3) is 9.70.